The number of aromatic nitrogens is 2. The van der Waals surface area contributed by atoms with Crippen molar-refractivity contribution in [3.8, 4) is 11.4 Å². The van der Waals surface area contributed by atoms with Crippen molar-refractivity contribution in [2.75, 3.05) is 0 Å². The number of carbonyl (C=O) groups excluding carboxylic acids is 1. The summed E-state index contributed by atoms with van der Waals surface area (Å²) in [7, 11) is 0. The zero-order chi connectivity index (χ0) is 24.6. The molecule has 0 spiro atoms. The highest BCUT2D eigenvalue weighted by atomic mass is 16.3. The number of fused-ring (bicyclic) bond motifs is 1. The van der Waals surface area contributed by atoms with Gasteiger partial charge in [0, 0.05) is 5.69 Å². The van der Waals surface area contributed by atoms with Gasteiger partial charge in [-0.25, -0.2) is 10.1 Å². The average Bonchev–Trinajstić information content (AvgIpc) is 3.10. The van der Waals surface area contributed by atoms with E-state index in [-0.39, 0.29) is 22.3 Å². The summed E-state index contributed by atoms with van der Waals surface area (Å²) in [6.07, 6.45) is 0. The second-order valence-electron chi connectivity index (χ2n) is 9.40. The number of H-pyrrole nitrogens is 1. The molecule has 0 aliphatic carbocycles. The van der Waals surface area contributed by atoms with Gasteiger partial charge in [0.05, 0.1) is 22.5 Å². The molecular weight excluding hydrogens is 428 g/mol. The molecule has 34 heavy (non-hydrogen) atoms. The first-order valence-electron chi connectivity index (χ1n) is 11.1. The van der Waals surface area contributed by atoms with Crippen LogP contribution in [-0.4, -0.2) is 26.5 Å². The van der Waals surface area contributed by atoms with Crippen LogP contribution >= 0.6 is 0 Å². The average molecular weight is 457 g/mol. The second-order valence-corrected chi connectivity index (χ2v) is 9.40. The van der Waals surface area contributed by atoms with Crippen molar-refractivity contribution < 1.29 is 9.90 Å². The third kappa shape index (κ3) is 4.37. The lowest BCUT2D eigenvalue weighted by Gasteiger charge is -2.19. The Hall–Kier alpha value is -4.13. The standard InChI is InChI=1S/C27H28N4O3/c1-16(28-29-25(33)22-14-18-8-6-7-9-19(18)15-23(22)32)24-17(2)30-31(26(24)34)21-12-10-20(11-13-21)27(3,4)5/h6-15,30,32H,1-5H3,(H,29,33). The van der Waals surface area contributed by atoms with Gasteiger partial charge in [-0.05, 0) is 59.9 Å². The molecule has 0 bridgehead atoms. The molecule has 0 fully saturated rings. The van der Waals surface area contributed by atoms with Gasteiger partial charge >= 0.3 is 0 Å². The van der Waals surface area contributed by atoms with Crippen molar-refractivity contribution in [2.45, 2.75) is 40.0 Å². The van der Waals surface area contributed by atoms with Crippen LogP contribution in [0.3, 0.4) is 0 Å². The summed E-state index contributed by atoms with van der Waals surface area (Å²) < 4.78 is 1.47. The fraction of sp³-hybridized carbons (Fsp3) is 0.222. The molecular formula is C27H28N4O3. The molecule has 1 heterocycles. The maximum Gasteiger partial charge on any atom is 0.280 e. The Labute approximate surface area is 197 Å². The Kier molecular flexibility index (Phi) is 5.87. The number of benzene rings is 3. The highest BCUT2D eigenvalue weighted by Gasteiger charge is 2.18. The van der Waals surface area contributed by atoms with Crippen LogP contribution in [0.4, 0.5) is 0 Å². The molecule has 7 heteroatoms. The lowest BCUT2D eigenvalue weighted by molar-refractivity contribution is 0.0952. The summed E-state index contributed by atoms with van der Waals surface area (Å²) in [5.41, 5.74) is 5.58. The van der Waals surface area contributed by atoms with E-state index in [1.165, 1.54) is 10.2 Å². The number of nitrogens with zero attached hydrogens (tertiary/aromatic N) is 2. The van der Waals surface area contributed by atoms with Crippen molar-refractivity contribution in [3.05, 3.63) is 93.4 Å². The number of aryl methyl sites for hydroxylation is 1. The molecule has 3 aromatic carbocycles. The first-order valence-corrected chi connectivity index (χ1v) is 11.1. The number of hydrogen-bond donors (Lipinski definition) is 3. The lowest BCUT2D eigenvalue weighted by Crippen LogP contribution is -2.23. The number of aromatic amines is 1. The van der Waals surface area contributed by atoms with Crippen molar-refractivity contribution in [1.29, 1.82) is 0 Å². The topological polar surface area (TPSA) is 99.5 Å². The number of phenols is 1. The molecule has 0 unspecified atom stereocenters. The number of nitrogens with one attached hydrogen (secondary N) is 2. The highest BCUT2D eigenvalue weighted by molar-refractivity contribution is 6.04. The van der Waals surface area contributed by atoms with Crippen LogP contribution in [0.15, 0.2) is 70.6 Å². The predicted octanol–water partition coefficient (Wildman–Crippen LogP) is 4.78. The van der Waals surface area contributed by atoms with Crippen LogP contribution in [0, 0.1) is 6.92 Å². The number of phenolic OH excluding ortho intramolecular Hbond substituents is 1. The lowest BCUT2D eigenvalue weighted by atomic mass is 9.87. The van der Waals surface area contributed by atoms with Gasteiger partial charge < -0.3 is 5.11 Å². The molecule has 4 aromatic rings. The summed E-state index contributed by atoms with van der Waals surface area (Å²) in [6, 6.07) is 18.4. The Bertz CT molecular complexity index is 1470. The van der Waals surface area contributed by atoms with Gasteiger partial charge in [-0.3, -0.25) is 14.7 Å². The van der Waals surface area contributed by atoms with Gasteiger partial charge in [0.15, 0.2) is 0 Å². The molecule has 4 rings (SSSR count). The Morgan fingerprint density at radius 3 is 2.26 bits per heavy atom. The molecule has 1 aromatic heterocycles. The first kappa shape index (κ1) is 23.0. The number of hydrazone groups is 1. The van der Waals surface area contributed by atoms with Crippen molar-refractivity contribution in [3.63, 3.8) is 0 Å². The van der Waals surface area contributed by atoms with Gasteiger partial charge in [-0.15, -0.1) is 0 Å². The van der Waals surface area contributed by atoms with E-state index in [9.17, 15) is 14.7 Å². The van der Waals surface area contributed by atoms with E-state index in [2.05, 4.69) is 36.4 Å². The molecule has 0 aliphatic heterocycles. The minimum absolute atomic E-state index is 0.0151. The zero-order valence-corrected chi connectivity index (χ0v) is 19.9. The van der Waals surface area contributed by atoms with E-state index < -0.39 is 5.91 Å². The number of rotatable bonds is 4. The summed E-state index contributed by atoms with van der Waals surface area (Å²) >= 11 is 0. The molecule has 0 atom stereocenters. The second kappa shape index (κ2) is 8.67. The molecule has 0 radical (unpaired) electrons. The molecule has 174 valence electrons. The maximum atomic E-state index is 13.1. The van der Waals surface area contributed by atoms with Crippen molar-refractivity contribution in [1.82, 2.24) is 15.2 Å². The van der Waals surface area contributed by atoms with Crippen molar-refractivity contribution >= 4 is 22.4 Å². The summed E-state index contributed by atoms with van der Waals surface area (Å²) in [6.45, 7) is 9.85. The van der Waals surface area contributed by atoms with E-state index in [4.69, 9.17) is 0 Å². The van der Waals surface area contributed by atoms with Crippen LogP contribution in [0.25, 0.3) is 16.5 Å². The fourth-order valence-corrected chi connectivity index (χ4v) is 3.93. The van der Waals surface area contributed by atoms with Crippen molar-refractivity contribution in [2.24, 2.45) is 5.10 Å². The summed E-state index contributed by atoms with van der Waals surface area (Å²) in [5.74, 6) is -0.697. The Morgan fingerprint density at radius 1 is 1.03 bits per heavy atom. The smallest absolute Gasteiger partial charge is 0.280 e. The quantitative estimate of drug-likeness (QED) is 0.304. The SMILES string of the molecule is CC(=NNC(=O)c1cc2ccccc2cc1O)c1c(C)[nH]n(-c2ccc(C(C)(C)C)cc2)c1=O. The zero-order valence-electron chi connectivity index (χ0n) is 19.9. The first-order chi connectivity index (χ1) is 16.1. The molecule has 1 amide bonds. The molecule has 0 saturated heterocycles. The summed E-state index contributed by atoms with van der Waals surface area (Å²) in [4.78, 5) is 25.8. The monoisotopic (exact) mass is 456 g/mol. The number of carbonyl (C=O) groups is 1. The normalized spacial score (nSPS) is 12.2. The van der Waals surface area contributed by atoms with E-state index >= 15 is 0 Å². The van der Waals surface area contributed by atoms with Gasteiger partial charge in [0.2, 0.25) is 0 Å². The Balaban J connectivity index is 1.60. The van der Waals surface area contributed by atoms with Crippen LogP contribution in [0.1, 0.15) is 54.9 Å². The Morgan fingerprint density at radius 2 is 1.65 bits per heavy atom. The number of amides is 1. The highest BCUT2D eigenvalue weighted by Crippen LogP contribution is 2.25. The van der Waals surface area contributed by atoms with Gasteiger partial charge in [-0.2, -0.15) is 5.10 Å². The van der Waals surface area contributed by atoms with Gasteiger partial charge in [0.1, 0.15) is 5.75 Å². The third-order valence-electron chi connectivity index (χ3n) is 5.86. The van der Waals surface area contributed by atoms with Crippen LogP contribution in [0.5, 0.6) is 5.75 Å². The maximum absolute atomic E-state index is 13.1. The predicted molar refractivity (Wildman–Crippen MR) is 135 cm³/mol. The van der Waals surface area contributed by atoms with Gasteiger partial charge in [0.25, 0.3) is 11.5 Å². The third-order valence-corrected chi connectivity index (χ3v) is 5.86. The molecule has 0 aliphatic rings. The van der Waals surface area contributed by atoms with Crippen LogP contribution < -0.4 is 11.0 Å². The minimum Gasteiger partial charge on any atom is -0.507 e. The van der Waals surface area contributed by atoms with Gasteiger partial charge in [-0.1, -0.05) is 57.2 Å². The minimum atomic E-state index is -0.561. The molecule has 0 saturated carbocycles. The van der Waals surface area contributed by atoms with Crippen LogP contribution in [-0.2, 0) is 5.41 Å². The van der Waals surface area contributed by atoms with E-state index in [1.807, 2.05) is 48.5 Å². The number of hydrogen-bond acceptors (Lipinski definition) is 4. The molecule has 7 nitrogen and oxygen atoms in total. The van der Waals surface area contributed by atoms with E-state index in [0.717, 1.165) is 10.8 Å². The largest absolute Gasteiger partial charge is 0.507 e. The van der Waals surface area contributed by atoms with E-state index in [1.54, 1.807) is 26.0 Å². The van der Waals surface area contributed by atoms with Crippen LogP contribution in [0.2, 0.25) is 0 Å². The summed E-state index contributed by atoms with van der Waals surface area (Å²) in [5, 5.41) is 19.2. The number of aromatic hydroxyl groups is 1. The fourth-order valence-electron chi connectivity index (χ4n) is 3.93. The van der Waals surface area contributed by atoms with E-state index in [0.29, 0.717) is 22.7 Å². The molecule has 3 N–H and O–H groups in total.